The first-order valence-corrected chi connectivity index (χ1v) is 9.89. The van der Waals surface area contributed by atoms with Gasteiger partial charge in [0, 0.05) is 19.4 Å². The van der Waals surface area contributed by atoms with Crippen LogP contribution in [0.1, 0.15) is 19.3 Å². The van der Waals surface area contributed by atoms with Crippen LogP contribution in [0.5, 0.6) is 0 Å². The molecule has 0 radical (unpaired) electrons. The van der Waals surface area contributed by atoms with Gasteiger partial charge in [-0.3, -0.25) is 24.2 Å². The van der Waals surface area contributed by atoms with Crippen molar-refractivity contribution in [1.29, 1.82) is 0 Å². The van der Waals surface area contributed by atoms with Gasteiger partial charge in [0.25, 0.3) is 0 Å². The summed E-state index contributed by atoms with van der Waals surface area (Å²) in [6, 6.07) is 5.50. The van der Waals surface area contributed by atoms with Gasteiger partial charge in [0.15, 0.2) is 5.13 Å². The van der Waals surface area contributed by atoms with Crippen LogP contribution in [0.25, 0.3) is 10.2 Å². The molecule has 7 nitrogen and oxygen atoms in total. The highest BCUT2D eigenvalue weighted by Gasteiger charge is 2.32. The first kappa shape index (κ1) is 22.5. The Kier molecular flexibility index (Phi) is 7.77. The van der Waals surface area contributed by atoms with Crippen LogP contribution in [0.3, 0.4) is 0 Å². The maximum absolute atomic E-state index is 12.9. The number of aromatic nitrogens is 1. The van der Waals surface area contributed by atoms with Crippen LogP contribution in [0.15, 0.2) is 18.2 Å². The number of halogens is 2. The van der Waals surface area contributed by atoms with Crippen LogP contribution in [-0.2, 0) is 14.4 Å². The Balaban J connectivity index is 0.00000280. The fourth-order valence-electron chi connectivity index (χ4n) is 2.91. The average molecular weight is 445 g/mol. The van der Waals surface area contributed by atoms with Gasteiger partial charge < -0.3 is 4.90 Å². The van der Waals surface area contributed by atoms with E-state index < -0.39 is 0 Å². The second-order valence-corrected chi connectivity index (χ2v) is 8.08. The van der Waals surface area contributed by atoms with Crippen LogP contribution < -0.4 is 4.90 Å². The zero-order valence-electron chi connectivity index (χ0n) is 15.7. The minimum absolute atomic E-state index is 0. The van der Waals surface area contributed by atoms with Gasteiger partial charge in [0.2, 0.25) is 17.7 Å². The molecule has 2 aromatic rings. The smallest absolute Gasteiger partial charge is 0.248 e. The number of imide groups is 1. The monoisotopic (exact) mass is 444 g/mol. The SMILES string of the molecule is CN(C)CCCN(C(=O)CN1C(=O)CCC1=O)c1nc2c(Cl)cccc2s1.Cl. The van der Waals surface area contributed by atoms with Crippen LogP contribution >= 0.6 is 35.3 Å². The molecule has 0 aliphatic carbocycles. The van der Waals surface area contributed by atoms with E-state index in [1.165, 1.54) is 11.3 Å². The molecule has 0 N–H and O–H groups in total. The topological polar surface area (TPSA) is 73.8 Å². The maximum Gasteiger partial charge on any atom is 0.248 e. The molecule has 1 aromatic heterocycles. The quantitative estimate of drug-likeness (QED) is 0.613. The Morgan fingerprint density at radius 1 is 1.21 bits per heavy atom. The van der Waals surface area contributed by atoms with Crippen LogP contribution in [-0.4, -0.2) is 66.2 Å². The van der Waals surface area contributed by atoms with Crippen molar-refractivity contribution in [3.63, 3.8) is 0 Å². The van der Waals surface area contributed by atoms with E-state index >= 15 is 0 Å². The summed E-state index contributed by atoms with van der Waals surface area (Å²) in [6.07, 6.45) is 1.08. The third kappa shape index (κ3) is 5.00. The predicted molar refractivity (Wildman–Crippen MR) is 113 cm³/mol. The number of benzene rings is 1. The van der Waals surface area contributed by atoms with Crippen molar-refractivity contribution in [3.05, 3.63) is 23.2 Å². The average Bonchev–Trinajstić information content (AvgIpc) is 3.18. The third-order valence-corrected chi connectivity index (χ3v) is 5.67. The molecule has 1 aliphatic heterocycles. The zero-order chi connectivity index (χ0) is 19.6. The Bertz CT molecular complexity index is 871. The van der Waals surface area contributed by atoms with Crippen LogP contribution in [0.2, 0.25) is 5.02 Å². The Morgan fingerprint density at radius 3 is 2.50 bits per heavy atom. The molecule has 0 saturated carbocycles. The highest BCUT2D eigenvalue weighted by atomic mass is 35.5. The normalized spacial score (nSPS) is 14.1. The van der Waals surface area contributed by atoms with Crippen LogP contribution in [0.4, 0.5) is 5.13 Å². The number of hydrogen-bond acceptors (Lipinski definition) is 6. The molecule has 10 heteroatoms. The standard InChI is InChI=1S/C18H21ClN4O3S.ClH/c1-21(2)9-4-10-22(16(26)11-23-14(24)7-8-15(23)25)18-20-17-12(19)5-3-6-13(17)27-18;/h3,5-6H,4,7-11H2,1-2H3;1H. The van der Waals surface area contributed by atoms with E-state index in [0.717, 1.165) is 22.6 Å². The fraction of sp³-hybridized carbons (Fsp3) is 0.444. The number of anilines is 1. The van der Waals surface area contributed by atoms with Gasteiger partial charge >= 0.3 is 0 Å². The van der Waals surface area contributed by atoms with Gasteiger partial charge in [-0.15, -0.1) is 12.4 Å². The van der Waals surface area contributed by atoms with Crippen molar-refractivity contribution in [2.75, 3.05) is 38.6 Å². The molecule has 0 bridgehead atoms. The summed E-state index contributed by atoms with van der Waals surface area (Å²) in [6.45, 7) is 1.00. The van der Waals surface area contributed by atoms with E-state index in [-0.39, 0.29) is 49.5 Å². The summed E-state index contributed by atoms with van der Waals surface area (Å²) in [4.78, 5) is 45.8. The van der Waals surface area contributed by atoms with E-state index in [4.69, 9.17) is 11.6 Å². The van der Waals surface area contributed by atoms with Gasteiger partial charge in [-0.1, -0.05) is 29.0 Å². The summed E-state index contributed by atoms with van der Waals surface area (Å²) in [7, 11) is 3.93. The molecule has 152 valence electrons. The molecule has 1 fully saturated rings. The van der Waals surface area contributed by atoms with E-state index in [1.807, 2.05) is 31.1 Å². The predicted octanol–water partition coefficient (Wildman–Crippen LogP) is 2.81. The molecule has 3 rings (SSSR count). The minimum Gasteiger partial charge on any atom is -0.309 e. The van der Waals surface area contributed by atoms with Crippen LogP contribution in [0, 0.1) is 0 Å². The number of likely N-dealkylation sites (tertiary alicyclic amines) is 1. The van der Waals surface area contributed by atoms with E-state index in [0.29, 0.717) is 22.2 Å². The number of carbonyl (C=O) groups is 3. The molecule has 2 heterocycles. The van der Waals surface area contributed by atoms with E-state index in [9.17, 15) is 14.4 Å². The van der Waals surface area contributed by atoms with Crippen molar-refractivity contribution in [1.82, 2.24) is 14.8 Å². The highest BCUT2D eigenvalue weighted by molar-refractivity contribution is 7.22. The summed E-state index contributed by atoms with van der Waals surface area (Å²) < 4.78 is 0.885. The molecule has 0 atom stereocenters. The molecule has 1 saturated heterocycles. The summed E-state index contributed by atoms with van der Waals surface area (Å²) in [5.74, 6) is -0.907. The lowest BCUT2D eigenvalue weighted by Gasteiger charge is -2.23. The molecule has 0 spiro atoms. The lowest BCUT2D eigenvalue weighted by atomic mass is 10.3. The van der Waals surface area contributed by atoms with Crippen molar-refractivity contribution in [2.45, 2.75) is 19.3 Å². The van der Waals surface area contributed by atoms with Gasteiger partial charge in [-0.25, -0.2) is 4.98 Å². The summed E-state index contributed by atoms with van der Waals surface area (Å²) in [5, 5.41) is 1.06. The number of hydrogen-bond donors (Lipinski definition) is 0. The lowest BCUT2D eigenvalue weighted by molar-refractivity contribution is -0.141. The largest absolute Gasteiger partial charge is 0.309 e. The minimum atomic E-state index is -0.312. The van der Waals surface area contributed by atoms with E-state index in [2.05, 4.69) is 4.98 Å². The van der Waals surface area contributed by atoms with Gasteiger partial charge in [0.1, 0.15) is 12.1 Å². The molecule has 0 unspecified atom stereocenters. The number of para-hydroxylation sites is 1. The van der Waals surface area contributed by atoms with Crippen molar-refractivity contribution >= 4 is 68.4 Å². The van der Waals surface area contributed by atoms with Gasteiger partial charge in [0.05, 0.1) is 9.72 Å². The first-order valence-electron chi connectivity index (χ1n) is 8.70. The molecular formula is C18H22Cl2N4O3S. The molecule has 28 heavy (non-hydrogen) atoms. The molecule has 1 aromatic carbocycles. The number of fused-ring (bicyclic) bond motifs is 1. The number of nitrogens with zero attached hydrogens (tertiary/aromatic N) is 4. The number of amides is 3. The van der Waals surface area contributed by atoms with E-state index in [1.54, 1.807) is 11.0 Å². The number of rotatable bonds is 7. The molecule has 1 aliphatic rings. The van der Waals surface area contributed by atoms with Crippen molar-refractivity contribution in [2.24, 2.45) is 0 Å². The second kappa shape index (κ2) is 9.65. The number of carbonyl (C=O) groups excluding carboxylic acids is 3. The van der Waals surface area contributed by atoms with Crippen molar-refractivity contribution in [3.8, 4) is 0 Å². The fourth-order valence-corrected chi connectivity index (χ4v) is 4.22. The number of thiazole rings is 1. The lowest BCUT2D eigenvalue weighted by Crippen LogP contribution is -2.43. The second-order valence-electron chi connectivity index (χ2n) is 6.66. The summed E-state index contributed by atoms with van der Waals surface area (Å²) in [5.41, 5.74) is 0.651. The van der Waals surface area contributed by atoms with Crippen molar-refractivity contribution < 1.29 is 14.4 Å². The zero-order valence-corrected chi connectivity index (χ0v) is 18.1. The first-order chi connectivity index (χ1) is 12.9. The Hall–Kier alpha value is -1.74. The summed E-state index contributed by atoms with van der Waals surface area (Å²) >= 11 is 7.59. The van der Waals surface area contributed by atoms with Gasteiger partial charge in [-0.05, 0) is 39.2 Å². The Morgan fingerprint density at radius 2 is 1.89 bits per heavy atom. The maximum atomic E-state index is 12.9. The van der Waals surface area contributed by atoms with Gasteiger partial charge in [-0.2, -0.15) is 0 Å². The third-order valence-electron chi connectivity index (χ3n) is 4.33. The Labute approximate surface area is 178 Å². The highest BCUT2D eigenvalue weighted by Crippen LogP contribution is 2.33. The molecule has 3 amide bonds. The molecular weight excluding hydrogens is 423 g/mol.